The molecule has 0 saturated heterocycles. The molecule has 27 heavy (non-hydrogen) atoms. The summed E-state index contributed by atoms with van der Waals surface area (Å²) in [5, 5.41) is 2.99. The van der Waals surface area contributed by atoms with Gasteiger partial charge in [-0.2, -0.15) is 0 Å². The van der Waals surface area contributed by atoms with Crippen LogP contribution in [0.15, 0.2) is 83.8 Å². The minimum atomic E-state index is -0.243. The normalized spacial score (nSPS) is 11.8. The number of hydrogen-bond donors (Lipinski definition) is 1. The first-order chi connectivity index (χ1) is 13.2. The van der Waals surface area contributed by atoms with E-state index in [9.17, 15) is 9.18 Å². The number of nitrogens with one attached hydrogen (secondary N) is 1. The van der Waals surface area contributed by atoms with E-state index in [0.717, 1.165) is 17.5 Å². The molecule has 3 aromatic carbocycles. The maximum atomic E-state index is 13.3. The van der Waals surface area contributed by atoms with Gasteiger partial charge in [0.05, 0.1) is 0 Å². The maximum absolute atomic E-state index is 13.3. The molecule has 0 spiro atoms. The Bertz CT molecular complexity index is 863. The van der Waals surface area contributed by atoms with Crippen molar-refractivity contribution < 1.29 is 9.18 Å². The van der Waals surface area contributed by atoms with Crippen molar-refractivity contribution in [2.24, 2.45) is 0 Å². The molecular formula is C23H22FNOS. The Morgan fingerprint density at radius 3 is 2.11 bits per heavy atom. The molecule has 3 rings (SSSR count). The molecule has 4 heteroatoms. The van der Waals surface area contributed by atoms with E-state index in [2.05, 4.69) is 29.6 Å². The molecule has 1 unspecified atom stereocenters. The highest BCUT2D eigenvalue weighted by Crippen LogP contribution is 2.29. The van der Waals surface area contributed by atoms with E-state index in [1.54, 1.807) is 23.9 Å². The number of thioether (sulfide) groups is 1. The predicted octanol–water partition coefficient (Wildman–Crippen LogP) is 5.50. The lowest BCUT2D eigenvalue weighted by Crippen LogP contribution is -2.25. The molecule has 0 aliphatic heterocycles. The standard InChI is InChI=1S/C23H22FNOS/c1-27-21-13-9-18(10-14-21)22(17-7-11-20(24)12-8-17)15-16-25-23(26)19-5-3-2-4-6-19/h2-14,22H,15-16H2,1H3,(H,25,26). The fraction of sp³-hybridized carbons (Fsp3) is 0.174. The van der Waals surface area contributed by atoms with E-state index in [4.69, 9.17) is 0 Å². The molecule has 0 aromatic heterocycles. The van der Waals surface area contributed by atoms with Crippen molar-refractivity contribution in [3.63, 3.8) is 0 Å². The van der Waals surface area contributed by atoms with Crippen molar-refractivity contribution >= 4 is 17.7 Å². The van der Waals surface area contributed by atoms with Gasteiger partial charge in [-0.05, 0) is 60.2 Å². The van der Waals surface area contributed by atoms with Crippen molar-refractivity contribution in [1.29, 1.82) is 0 Å². The topological polar surface area (TPSA) is 29.1 Å². The van der Waals surface area contributed by atoms with Crippen LogP contribution in [0.4, 0.5) is 4.39 Å². The Hall–Kier alpha value is -2.59. The van der Waals surface area contributed by atoms with Gasteiger partial charge in [0, 0.05) is 22.9 Å². The van der Waals surface area contributed by atoms with Gasteiger partial charge in [0.15, 0.2) is 0 Å². The summed E-state index contributed by atoms with van der Waals surface area (Å²) >= 11 is 1.70. The first-order valence-electron chi connectivity index (χ1n) is 8.90. The zero-order chi connectivity index (χ0) is 19.1. The van der Waals surface area contributed by atoms with Crippen LogP contribution in [0.25, 0.3) is 0 Å². The summed E-state index contributed by atoms with van der Waals surface area (Å²) in [7, 11) is 0. The Morgan fingerprint density at radius 2 is 1.52 bits per heavy atom. The maximum Gasteiger partial charge on any atom is 0.251 e. The second-order valence-electron chi connectivity index (χ2n) is 6.29. The van der Waals surface area contributed by atoms with Crippen LogP contribution in [0.3, 0.4) is 0 Å². The molecule has 0 fully saturated rings. The largest absolute Gasteiger partial charge is 0.352 e. The van der Waals surface area contributed by atoms with Gasteiger partial charge in [-0.25, -0.2) is 4.39 Å². The molecule has 0 aliphatic carbocycles. The number of carbonyl (C=O) groups excluding carboxylic acids is 1. The first kappa shape index (κ1) is 19.2. The Kier molecular flexibility index (Phi) is 6.66. The minimum Gasteiger partial charge on any atom is -0.352 e. The summed E-state index contributed by atoms with van der Waals surface area (Å²) in [5.41, 5.74) is 2.86. The van der Waals surface area contributed by atoms with Gasteiger partial charge in [-0.15, -0.1) is 11.8 Å². The van der Waals surface area contributed by atoms with Crippen LogP contribution < -0.4 is 5.32 Å². The molecule has 0 heterocycles. The summed E-state index contributed by atoms with van der Waals surface area (Å²) in [6, 6.07) is 24.2. The van der Waals surface area contributed by atoms with Crippen LogP contribution in [0.2, 0.25) is 0 Å². The lowest BCUT2D eigenvalue weighted by atomic mass is 9.88. The monoisotopic (exact) mass is 379 g/mol. The lowest BCUT2D eigenvalue weighted by molar-refractivity contribution is 0.0953. The SMILES string of the molecule is CSc1ccc(C(CCNC(=O)c2ccccc2)c2ccc(F)cc2)cc1. The molecule has 138 valence electrons. The van der Waals surface area contributed by atoms with Gasteiger partial charge in [0.25, 0.3) is 5.91 Å². The van der Waals surface area contributed by atoms with Crippen LogP contribution >= 0.6 is 11.8 Å². The van der Waals surface area contributed by atoms with E-state index in [1.807, 2.05) is 36.6 Å². The molecule has 0 bridgehead atoms. The van der Waals surface area contributed by atoms with E-state index in [1.165, 1.54) is 17.0 Å². The fourth-order valence-corrected chi connectivity index (χ4v) is 3.49. The zero-order valence-corrected chi connectivity index (χ0v) is 16.0. The highest BCUT2D eigenvalue weighted by atomic mass is 32.2. The number of hydrogen-bond acceptors (Lipinski definition) is 2. The van der Waals surface area contributed by atoms with Crippen molar-refractivity contribution in [3.05, 3.63) is 101 Å². The van der Waals surface area contributed by atoms with Crippen LogP contribution in [0.1, 0.15) is 33.8 Å². The molecular weight excluding hydrogens is 357 g/mol. The highest BCUT2D eigenvalue weighted by molar-refractivity contribution is 7.98. The zero-order valence-electron chi connectivity index (χ0n) is 15.2. The number of carbonyl (C=O) groups is 1. The van der Waals surface area contributed by atoms with Gasteiger partial charge in [0.1, 0.15) is 5.82 Å². The summed E-state index contributed by atoms with van der Waals surface area (Å²) in [4.78, 5) is 13.5. The molecule has 2 nitrogen and oxygen atoms in total. The second kappa shape index (κ2) is 9.38. The second-order valence-corrected chi connectivity index (χ2v) is 7.17. The minimum absolute atomic E-state index is 0.0776. The van der Waals surface area contributed by atoms with Crippen molar-refractivity contribution in [1.82, 2.24) is 5.32 Å². The van der Waals surface area contributed by atoms with Crippen LogP contribution in [0.5, 0.6) is 0 Å². The van der Waals surface area contributed by atoms with Gasteiger partial charge in [-0.3, -0.25) is 4.79 Å². The summed E-state index contributed by atoms with van der Waals surface area (Å²) < 4.78 is 13.3. The Morgan fingerprint density at radius 1 is 0.926 bits per heavy atom. The molecule has 0 saturated carbocycles. The van der Waals surface area contributed by atoms with Gasteiger partial charge < -0.3 is 5.32 Å². The van der Waals surface area contributed by atoms with Crippen molar-refractivity contribution in [3.8, 4) is 0 Å². The Balaban J connectivity index is 1.73. The van der Waals surface area contributed by atoms with E-state index in [-0.39, 0.29) is 17.6 Å². The molecule has 0 aliphatic rings. The quantitative estimate of drug-likeness (QED) is 0.549. The van der Waals surface area contributed by atoms with Crippen molar-refractivity contribution in [2.75, 3.05) is 12.8 Å². The number of rotatable bonds is 7. The van der Waals surface area contributed by atoms with E-state index in [0.29, 0.717) is 12.1 Å². The van der Waals surface area contributed by atoms with Crippen LogP contribution in [-0.2, 0) is 0 Å². The van der Waals surface area contributed by atoms with Gasteiger partial charge >= 0.3 is 0 Å². The molecule has 1 amide bonds. The van der Waals surface area contributed by atoms with Crippen molar-refractivity contribution in [2.45, 2.75) is 17.2 Å². The molecule has 1 atom stereocenters. The fourth-order valence-electron chi connectivity index (χ4n) is 3.08. The third-order valence-corrected chi connectivity index (χ3v) is 5.29. The molecule has 3 aromatic rings. The average Bonchev–Trinajstić information content (AvgIpc) is 2.73. The lowest BCUT2D eigenvalue weighted by Gasteiger charge is -2.19. The molecule has 0 radical (unpaired) electrons. The molecule has 1 N–H and O–H groups in total. The average molecular weight is 380 g/mol. The smallest absolute Gasteiger partial charge is 0.251 e. The van der Waals surface area contributed by atoms with Gasteiger partial charge in [-0.1, -0.05) is 42.5 Å². The van der Waals surface area contributed by atoms with Gasteiger partial charge in [0.2, 0.25) is 0 Å². The first-order valence-corrected chi connectivity index (χ1v) is 10.1. The summed E-state index contributed by atoms with van der Waals surface area (Å²) in [5.74, 6) is -0.226. The van der Waals surface area contributed by atoms with Crippen LogP contribution in [-0.4, -0.2) is 18.7 Å². The highest BCUT2D eigenvalue weighted by Gasteiger charge is 2.15. The van der Waals surface area contributed by atoms with E-state index >= 15 is 0 Å². The Labute approximate surface area is 163 Å². The third kappa shape index (κ3) is 5.20. The number of amides is 1. The number of benzene rings is 3. The van der Waals surface area contributed by atoms with Crippen LogP contribution in [0, 0.1) is 5.82 Å². The third-order valence-electron chi connectivity index (χ3n) is 4.55. The summed E-state index contributed by atoms with van der Waals surface area (Å²) in [6.07, 6.45) is 2.79. The van der Waals surface area contributed by atoms with E-state index < -0.39 is 0 Å². The number of halogens is 1. The summed E-state index contributed by atoms with van der Waals surface area (Å²) in [6.45, 7) is 0.542. The predicted molar refractivity (Wildman–Crippen MR) is 110 cm³/mol.